The van der Waals surface area contributed by atoms with Gasteiger partial charge in [-0.3, -0.25) is 0 Å². The molecule has 0 atom stereocenters. The number of aromatic amines is 1. The van der Waals surface area contributed by atoms with Gasteiger partial charge in [0.05, 0.1) is 23.2 Å². The summed E-state index contributed by atoms with van der Waals surface area (Å²) in [5.74, 6) is -0.110. The molecule has 0 amide bonds. The maximum atomic E-state index is 13.3. The fourth-order valence-electron chi connectivity index (χ4n) is 2.19. The summed E-state index contributed by atoms with van der Waals surface area (Å²) in [5, 5.41) is 0. The van der Waals surface area contributed by atoms with E-state index in [2.05, 4.69) is 9.97 Å². The zero-order valence-electron chi connectivity index (χ0n) is 12.1. The van der Waals surface area contributed by atoms with Gasteiger partial charge in [-0.25, -0.2) is 14.2 Å². The Morgan fingerprint density at radius 2 is 2.14 bits per heavy atom. The van der Waals surface area contributed by atoms with Crippen LogP contribution in [0, 0.1) is 5.82 Å². The first kappa shape index (κ1) is 14.3. The van der Waals surface area contributed by atoms with Crippen LogP contribution in [0.3, 0.4) is 0 Å². The Morgan fingerprint density at radius 3 is 2.91 bits per heavy atom. The Balaban J connectivity index is 1.95. The van der Waals surface area contributed by atoms with Crippen LogP contribution in [0.2, 0.25) is 0 Å². The summed E-state index contributed by atoms with van der Waals surface area (Å²) >= 11 is 0. The Labute approximate surface area is 126 Å². The monoisotopic (exact) mass is 298 g/mol. The third-order valence-electron chi connectivity index (χ3n) is 3.25. The van der Waals surface area contributed by atoms with Crippen molar-refractivity contribution in [1.82, 2.24) is 9.97 Å². The van der Waals surface area contributed by atoms with Crippen LogP contribution in [0.1, 0.15) is 23.7 Å². The van der Waals surface area contributed by atoms with Gasteiger partial charge in [-0.15, -0.1) is 0 Å². The number of rotatable bonds is 4. The number of ether oxygens (including phenoxy) is 1. The molecule has 1 heterocycles. The molecule has 3 aromatic rings. The number of esters is 1. The van der Waals surface area contributed by atoms with Crippen molar-refractivity contribution in [2.75, 3.05) is 6.61 Å². The van der Waals surface area contributed by atoms with E-state index in [1.54, 1.807) is 30.3 Å². The molecule has 0 saturated heterocycles. The van der Waals surface area contributed by atoms with Crippen LogP contribution >= 0.6 is 0 Å². The molecule has 0 unspecified atom stereocenters. The normalized spacial score (nSPS) is 10.8. The van der Waals surface area contributed by atoms with Crippen LogP contribution in [0.5, 0.6) is 0 Å². The maximum absolute atomic E-state index is 13.3. The first-order valence-electron chi connectivity index (χ1n) is 7.10. The highest BCUT2D eigenvalue weighted by molar-refractivity contribution is 5.94. The molecule has 3 rings (SSSR count). The van der Waals surface area contributed by atoms with E-state index in [0.29, 0.717) is 34.6 Å². The first-order chi connectivity index (χ1) is 10.7. The molecule has 0 aliphatic heterocycles. The van der Waals surface area contributed by atoms with E-state index in [1.807, 2.05) is 6.92 Å². The number of benzene rings is 2. The van der Waals surface area contributed by atoms with Gasteiger partial charge in [0.2, 0.25) is 0 Å². The number of nitrogens with zero attached hydrogens (tertiary/aromatic N) is 1. The zero-order valence-corrected chi connectivity index (χ0v) is 12.1. The lowest BCUT2D eigenvalue weighted by Gasteiger charge is -2.02. The second kappa shape index (κ2) is 5.97. The molecular formula is C17H15FN2O2. The molecule has 1 aromatic heterocycles. The smallest absolute Gasteiger partial charge is 0.338 e. The molecular weight excluding hydrogens is 283 g/mol. The summed E-state index contributed by atoms with van der Waals surface area (Å²) in [6.07, 6.45) is 0.780. The average molecular weight is 298 g/mol. The van der Waals surface area contributed by atoms with Gasteiger partial charge in [-0.2, -0.15) is 0 Å². The van der Waals surface area contributed by atoms with E-state index in [4.69, 9.17) is 4.74 Å². The van der Waals surface area contributed by atoms with Crippen molar-refractivity contribution >= 4 is 17.0 Å². The maximum Gasteiger partial charge on any atom is 0.338 e. The average Bonchev–Trinajstić information content (AvgIpc) is 2.95. The van der Waals surface area contributed by atoms with Gasteiger partial charge < -0.3 is 9.72 Å². The lowest BCUT2D eigenvalue weighted by molar-refractivity contribution is 0.0505. The molecule has 2 aromatic carbocycles. The van der Waals surface area contributed by atoms with Crippen molar-refractivity contribution in [2.24, 2.45) is 0 Å². The standard InChI is InChI=1S/C17H15FN2O2/c1-2-8-22-17(21)12-6-7-14-15(10-12)20-16(19-14)11-4-3-5-13(18)9-11/h3-7,9-10H,2,8H2,1H3,(H,19,20). The van der Waals surface area contributed by atoms with Gasteiger partial charge in [-0.05, 0) is 36.8 Å². The highest BCUT2D eigenvalue weighted by Gasteiger charge is 2.11. The van der Waals surface area contributed by atoms with E-state index in [-0.39, 0.29) is 11.8 Å². The molecule has 22 heavy (non-hydrogen) atoms. The summed E-state index contributed by atoms with van der Waals surface area (Å²) in [7, 11) is 0. The van der Waals surface area contributed by atoms with Gasteiger partial charge in [-0.1, -0.05) is 19.1 Å². The molecule has 0 aliphatic rings. The molecule has 1 N–H and O–H groups in total. The minimum atomic E-state index is -0.356. The highest BCUT2D eigenvalue weighted by atomic mass is 19.1. The first-order valence-corrected chi connectivity index (χ1v) is 7.10. The number of fused-ring (bicyclic) bond motifs is 1. The van der Waals surface area contributed by atoms with Gasteiger partial charge in [0.25, 0.3) is 0 Å². The summed E-state index contributed by atoms with van der Waals surface area (Å²) < 4.78 is 18.4. The molecule has 0 bridgehead atoms. The Morgan fingerprint density at radius 1 is 1.27 bits per heavy atom. The van der Waals surface area contributed by atoms with Crippen LogP contribution in [-0.2, 0) is 4.74 Å². The Kier molecular flexibility index (Phi) is 3.87. The lowest BCUT2D eigenvalue weighted by Crippen LogP contribution is -2.05. The van der Waals surface area contributed by atoms with E-state index in [9.17, 15) is 9.18 Å². The van der Waals surface area contributed by atoms with Gasteiger partial charge in [0.15, 0.2) is 0 Å². The highest BCUT2D eigenvalue weighted by Crippen LogP contribution is 2.22. The number of nitrogens with one attached hydrogen (secondary N) is 1. The third kappa shape index (κ3) is 2.83. The molecule has 0 aliphatic carbocycles. The SMILES string of the molecule is CCCOC(=O)c1ccc2nc(-c3cccc(F)c3)[nH]c2c1. The second-order valence-electron chi connectivity index (χ2n) is 4.96. The van der Waals surface area contributed by atoms with E-state index < -0.39 is 0 Å². The van der Waals surface area contributed by atoms with E-state index >= 15 is 0 Å². The lowest BCUT2D eigenvalue weighted by atomic mass is 10.2. The molecule has 4 nitrogen and oxygen atoms in total. The molecule has 0 spiro atoms. The van der Waals surface area contributed by atoms with Crippen LogP contribution in [0.25, 0.3) is 22.4 Å². The fraction of sp³-hybridized carbons (Fsp3) is 0.176. The summed E-state index contributed by atoms with van der Waals surface area (Å²) in [6.45, 7) is 2.34. The largest absolute Gasteiger partial charge is 0.462 e. The van der Waals surface area contributed by atoms with E-state index in [1.165, 1.54) is 12.1 Å². The number of carbonyl (C=O) groups is 1. The number of imidazole rings is 1. The topological polar surface area (TPSA) is 55.0 Å². The van der Waals surface area contributed by atoms with Crippen LogP contribution in [0.15, 0.2) is 42.5 Å². The van der Waals surface area contributed by atoms with Crippen molar-refractivity contribution < 1.29 is 13.9 Å². The fourth-order valence-corrected chi connectivity index (χ4v) is 2.19. The predicted molar refractivity (Wildman–Crippen MR) is 82.1 cm³/mol. The number of hydrogen-bond acceptors (Lipinski definition) is 3. The van der Waals surface area contributed by atoms with Crippen LogP contribution < -0.4 is 0 Å². The minimum absolute atomic E-state index is 0.318. The summed E-state index contributed by atoms with van der Waals surface area (Å²) in [4.78, 5) is 19.4. The molecule has 0 fully saturated rings. The Bertz CT molecular complexity index is 826. The zero-order chi connectivity index (χ0) is 15.5. The minimum Gasteiger partial charge on any atom is -0.462 e. The number of aromatic nitrogens is 2. The van der Waals surface area contributed by atoms with Gasteiger partial charge in [0, 0.05) is 5.56 Å². The van der Waals surface area contributed by atoms with Gasteiger partial charge in [0.1, 0.15) is 11.6 Å². The summed E-state index contributed by atoms with van der Waals surface area (Å²) in [6, 6.07) is 11.3. The van der Waals surface area contributed by atoms with Crippen molar-refractivity contribution in [2.45, 2.75) is 13.3 Å². The Hall–Kier alpha value is -2.69. The third-order valence-corrected chi connectivity index (χ3v) is 3.25. The summed E-state index contributed by atoms with van der Waals surface area (Å²) in [5.41, 5.74) is 2.55. The molecule has 0 saturated carbocycles. The number of hydrogen-bond donors (Lipinski definition) is 1. The van der Waals surface area contributed by atoms with E-state index in [0.717, 1.165) is 6.42 Å². The molecule has 112 valence electrons. The van der Waals surface area contributed by atoms with Crippen LogP contribution in [0.4, 0.5) is 4.39 Å². The number of carbonyl (C=O) groups excluding carboxylic acids is 1. The van der Waals surface area contributed by atoms with Crippen molar-refractivity contribution in [3.8, 4) is 11.4 Å². The van der Waals surface area contributed by atoms with Crippen molar-refractivity contribution in [3.05, 3.63) is 53.8 Å². The van der Waals surface area contributed by atoms with Crippen molar-refractivity contribution in [3.63, 3.8) is 0 Å². The number of halogens is 1. The molecule has 0 radical (unpaired) electrons. The quantitative estimate of drug-likeness (QED) is 0.742. The predicted octanol–water partition coefficient (Wildman–Crippen LogP) is 3.94. The molecule has 5 heteroatoms. The second-order valence-corrected chi connectivity index (χ2v) is 4.96. The number of H-pyrrole nitrogens is 1. The van der Waals surface area contributed by atoms with Gasteiger partial charge >= 0.3 is 5.97 Å². The van der Waals surface area contributed by atoms with Crippen molar-refractivity contribution in [1.29, 1.82) is 0 Å². The van der Waals surface area contributed by atoms with Crippen LogP contribution in [-0.4, -0.2) is 22.5 Å².